The first kappa shape index (κ1) is 23.8. The number of hydrogen-bond acceptors (Lipinski definition) is 5. The second-order valence-corrected chi connectivity index (χ2v) is 8.57. The number of carbonyl (C=O) groups excluding carboxylic acids is 3. The maximum Gasteiger partial charge on any atom is 0.513 e. The monoisotopic (exact) mass is 502 g/mol. The van der Waals surface area contributed by atoms with E-state index in [1.54, 1.807) is 31.2 Å². The van der Waals surface area contributed by atoms with Crippen molar-refractivity contribution in [1.29, 1.82) is 0 Å². The lowest BCUT2D eigenvalue weighted by Crippen LogP contribution is -2.41. The number of benzene rings is 2. The summed E-state index contributed by atoms with van der Waals surface area (Å²) in [6.45, 7) is 3.85. The fourth-order valence-electron chi connectivity index (χ4n) is 3.54. The van der Waals surface area contributed by atoms with Crippen LogP contribution >= 0.6 is 15.9 Å². The first-order valence-electron chi connectivity index (χ1n) is 10.7. The van der Waals surface area contributed by atoms with Gasteiger partial charge in [-0.1, -0.05) is 28.1 Å². The number of rotatable bonds is 7. The van der Waals surface area contributed by atoms with E-state index in [2.05, 4.69) is 21.2 Å². The fourth-order valence-corrected chi connectivity index (χ4v) is 3.80. The highest BCUT2D eigenvalue weighted by Gasteiger charge is 2.24. The minimum absolute atomic E-state index is 0.0101. The quantitative estimate of drug-likeness (QED) is 0.453. The molecule has 8 heteroatoms. The number of likely N-dealkylation sites (tertiary alicyclic amines) is 1. The number of nitrogens with one attached hydrogen (secondary N) is 1. The molecule has 1 saturated heterocycles. The molecule has 3 rings (SSSR count). The van der Waals surface area contributed by atoms with E-state index in [1.807, 2.05) is 29.2 Å². The fraction of sp³-hybridized carbons (Fsp3) is 0.375. The van der Waals surface area contributed by atoms with Gasteiger partial charge in [-0.3, -0.25) is 9.59 Å². The van der Waals surface area contributed by atoms with E-state index in [0.29, 0.717) is 43.3 Å². The Balaban J connectivity index is 1.40. The molecule has 7 nitrogen and oxygen atoms in total. The molecule has 0 aliphatic carbocycles. The molecule has 2 aromatic rings. The van der Waals surface area contributed by atoms with E-state index < -0.39 is 6.16 Å². The highest BCUT2D eigenvalue weighted by Crippen LogP contribution is 2.20. The van der Waals surface area contributed by atoms with Crippen molar-refractivity contribution in [2.45, 2.75) is 26.2 Å². The van der Waals surface area contributed by atoms with Crippen molar-refractivity contribution >= 4 is 33.9 Å². The van der Waals surface area contributed by atoms with Crippen LogP contribution in [-0.4, -0.2) is 49.1 Å². The predicted octanol–water partition coefficient (Wildman–Crippen LogP) is 4.20. The third-order valence-corrected chi connectivity index (χ3v) is 5.86. The van der Waals surface area contributed by atoms with Gasteiger partial charge >= 0.3 is 6.16 Å². The van der Waals surface area contributed by atoms with Crippen LogP contribution in [0, 0.1) is 5.92 Å². The Kier molecular flexibility index (Phi) is 8.67. The van der Waals surface area contributed by atoms with Gasteiger partial charge < -0.3 is 19.7 Å². The molecule has 1 fully saturated rings. The van der Waals surface area contributed by atoms with E-state index in [1.165, 1.54) is 0 Å². The van der Waals surface area contributed by atoms with Crippen molar-refractivity contribution in [3.8, 4) is 5.75 Å². The predicted molar refractivity (Wildman–Crippen MR) is 124 cm³/mol. The average molecular weight is 503 g/mol. The molecule has 2 amide bonds. The normalized spacial score (nSPS) is 14.0. The van der Waals surface area contributed by atoms with Crippen LogP contribution in [0.15, 0.2) is 53.0 Å². The SMILES string of the molecule is CCOC(=O)Oc1ccc(C(=O)N2CCC(CNC(=O)Cc3ccc(Br)cc3)CC2)cc1. The van der Waals surface area contributed by atoms with Gasteiger partial charge in [-0.25, -0.2) is 4.79 Å². The Morgan fingerprint density at radius 2 is 1.69 bits per heavy atom. The number of ether oxygens (including phenoxy) is 2. The van der Waals surface area contributed by atoms with Crippen LogP contribution < -0.4 is 10.1 Å². The minimum Gasteiger partial charge on any atom is -0.434 e. The van der Waals surface area contributed by atoms with E-state index in [-0.39, 0.29) is 18.4 Å². The molecule has 1 aliphatic rings. The van der Waals surface area contributed by atoms with Crippen molar-refractivity contribution in [3.05, 3.63) is 64.1 Å². The molecule has 0 atom stereocenters. The molecule has 32 heavy (non-hydrogen) atoms. The van der Waals surface area contributed by atoms with Crippen LogP contribution in [0.25, 0.3) is 0 Å². The molecule has 1 aliphatic heterocycles. The van der Waals surface area contributed by atoms with Crippen LogP contribution in [0.4, 0.5) is 4.79 Å². The first-order valence-corrected chi connectivity index (χ1v) is 11.5. The summed E-state index contributed by atoms with van der Waals surface area (Å²) >= 11 is 3.39. The van der Waals surface area contributed by atoms with Gasteiger partial charge in [0.2, 0.25) is 5.91 Å². The van der Waals surface area contributed by atoms with Gasteiger partial charge in [0.15, 0.2) is 0 Å². The van der Waals surface area contributed by atoms with Crippen LogP contribution in [-0.2, 0) is 16.0 Å². The molecule has 2 aromatic carbocycles. The topological polar surface area (TPSA) is 84.9 Å². The molecule has 170 valence electrons. The van der Waals surface area contributed by atoms with E-state index in [9.17, 15) is 14.4 Å². The number of amides is 2. The van der Waals surface area contributed by atoms with Gasteiger partial charge in [-0.05, 0) is 67.6 Å². The van der Waals surface area contributed by atoms with Gasteiger partial charge in [-0.15, -0.1) is 0 Å². The summed E-state index contributed by atoms with van der Waals surface area (Å²) in [5.41, 5.74) is 1.52. The van der Waals surface area contributed by atoms with Gasteiger partial charge in [0.05, 0.1) is 13.0 Å². The van der Waals surface area contributed by atoms with Crippen molar-refractivity contribution in [2.24, 2.45) is 5.92 Å². The van der Waals surface area contributed by atoms with Gasteiger partial charge in [0.25, 0.3) is 5.91 Å². The smallest absolute Gasteiger partial charge is 0.434 e. The summed E-state index contributed by atoms with van der Waals surface area (Å²) < 4.78 is 10.7. The Labute approximate surface area is 196 Å². The molecular formula is C24H27BrN2O5. The lowest BCUT2D eigenvalue weighted by Gasteiger charge is -2.32. The molecule has 0 spiro atoms. The van der Waals surface area contributed by atoms with Crippen LogP contribution in [0.5, 0.6) is 5.75 Å². The van der Waals surface area contributed by atoms with Crippen molar-refractivity contribution in [1.82, 2.24) is 10.2 Å². The second kappa shape index (κ2) is 11.7. The van der Waals surface area contributed by atoms with E-state index in [0.717, 1.165) is 22.9 Å². The van der Waals surface area contributed by atoms with E-state index in [4.69, 9.17) is 9.47 Å². The molecule has 0 bridgehead atoms. The summed E-state index contributed by atoms with van der Waals surface area (Å²) in [5, 5.41) is 3.02. The summed E-state index contributed by atoms with van der Waals surface area (Å²) in [6, 6.07) is 14.2. The highest BCUT2D eigenvalue weighted by molar-refractivity contribution is 9.10. The summed E-state index contributed by atoms with van der Waals surface area (Å²) in [5.74, 6) is 0.646. The Morgan fingerprint density at radius 3 is 2.31 bits per heavy atom. The molecule has 1 heterocycles. The average Bonchev–Trinajstić information content (AvgIpc) is 2.80. The Morgan fingerprint density at radius 1 is 1.03 bits per heavy atom. The lowest BCUT2D eigenvalue weighted by molar-refractivity contribution is -0.120. The molecule has 0 aromatic heterocycles. The van der Waals surface area contributed by atoms with Crippen LogP contribution in [0.1, 0.15) is 35.7 Å². The van der Waals surface area contributed by atoms with Crippen molar-refractivity contribution in [3.63, 3.8) is 0 Å². The molecule has 0 radical (unpaired) electrons. The van der Waals surface area contributed by atoms with Crippen molar-refractivity contribution < 1.29 is 23.9 Å². The number of nitrogens with zero attached hydrogens (tertiary/aromatic N) is 1. The Bertz CT molecular complexity index is 922. The van der Waals surface area contributed by atoms with Crippen LogP contribution in [0.3, 0.4) is 0 Å². The van der Waals surface area contributed by atoms with Crippen LogP contribution in [0.2, 0.25) is 0 Å². The third kappa shape index (κ3) is 7.09. The number of carbonyl (C=O) groups is 3. The number of hydrogen-bond donors (Lipinski definition) is 1. The maximum absolute atomic E-state index is 12.8. The zero-order valence-corrected chi connectivity index (χ0v) is 19.6. The largest absolute Gasteiger partial charge is 0.513 e. The van der Waals surface area contributed by atoms with Gasteiger partial charge in [0.1, 0.15) is 5.75 Å². The van der Waals surface area contributed by atoms with E-state index >= 15 is 0 Å². The lowest BCUT2D eigenvalue weighted by atomic mass is 9.96. The summed E-state index contributed by atoms with van der Waals surface area (Å²) in [6.07, 6.45) is 1.28. The summed E-state index contributed by atoms with van der Waals surface area (Å²) in [4.78, 5) is 38.1. The number of halogens is 1. The summed E-state index contributed by atoms with van der Waals surface area (Å²) in [7, 11) is 0. The first-order chi connectivity index (χ1) is 15.4. The zero-order chi connectivity index (χ0) is 22.9. The standard InChI is InChI=1S/C24H27BrN2O5/c1-2-31-24(30)32-21-9-5-19(6-10-21)23(29)27-13-11-18(12-14-27)16-26-22(28)15-17-3-7-20(25)8-4-17/h3-10,18H,2,11-16H2,1H3,(H,26,28). The molecule has 0 saturated carbocycles. The van der Waals surface area contributed by atoms with Gasteiger partial charge in [0, 0.05) is 29.7 Å². The molecular weight excluding hydrogens is 476 g/mol. The molecule has 0 unspecified atom stereocenters. The highest BCUT2D eigenvalue weighted by atomic mass is 79.9. The second-order valence-electron chi connectivity index (χ2n) is 7.65. The Hall–Kier alpha value is -2.87. The minimum atomic E-state index is -0.766. The number of piperidine rings is 1. The molecule has 1 N–H and O–H groups in total. The van der Waals surface area contributed by atoms with Gasteiger partial charge in [-0.2, -0.15) is 0 Å². The van der Waals surface area contributed by atoms with Crippen molar-refractivity contribution in [2.75, 3.05) is 26.2 Å². The third-order valence-electron chi connectivity index (χ3n) is 5.33. The maximum atomic E-state index is 12.8. The zero-order valence-electron chi connectivity index (χ0n) is 18.0.